The molecule has 0 aliphatic heterocycles. The Morgan fingerprint density at radius 1 is 0.373 bits per heavy atom. The molecule has 0 N–H and O–H groups in total. The van der Waals surface area contributed by atoms with Gasteiger partial charge in [-0.05, 0) is 126 Å². The van der Waals surface area contributed by atoms with Crippen LogP contribution in [0, 0.1) is 0 Å². The van der Waals surface area contributed by atoms with Crippen LogP contribution in [0.15, 0.2) is 192 Å². The van der Waals surface area contributed by atoms with E-state index in [-0.39, 0.29) is 5.41 Å². The lowest BCUT2D eigenvalue weighted by atomic mass is 9.82. The maximum atomic E-state index is 6.47. The standard InChI is InChI=1S/C57H37NO/c1-57(2)50-18-10-8-16-41(50)47-31-35(21-27-51(47)57)37-23-29-54-49(33-37)48-32-36(22-28-53(48)59-54)34-20-24-44-46(30-34)40-15-7-6-14-39(40)43-25-26-45-42-17-9-11-19-52(42)58(56(45)55(43)44)38-12-4-3-5-13-38/h3-33H,1-2H3. The predicted octanol–water partition coefficient (Wildman–Crippen LogP) is 15.8. The van der Waals surface area contributed by atoms with Gasteiger partial charge in [-0.15, -0.1) is 0 Å². The van der Waals surface area contributed by atoms with E-state index in [0.717, 1.165) is 21.9 Å². The van der Waals surface area contributed by atoms with E-state index < -0.39 is 0 Å². The molecular weight excluding hydrogens is 715 g/mol. The van der Waals surface area contributed by atoms with Crippen molar-refractivity contribution >= 4 is 76.1 Å². The summed E-state index contributed by atoms with van der Waals surface area (Å²) in [6, 6.07) is 69.4. The van der Waals surface area contributed by atoms with Gasteiger partial charge in [-0.25, -0.2) is 0 Å². The van der Waals surface area contributed by atoms with Crippen LogP contribution in [0.1, 0.15) is 25.0 Å². The molecule has 2 aromatic heterocycles. The highest BCUT2D eigenvalue weighted by Crippen LogP contribution is 2.50. The first-order valence-electron chi connectivity index (χ1n) is 20.6. The second-order valence-electron chi connectivity index (χ2n) is 16.8. The average Bonchev–Trinajstić information content (AvgIpc) is 3.91. The van der Waals surface area contributed by atoms with E-state index in [1.54, 1.807) is 0 Å². The van der Waals surface area contributed by atoms with Gasteiger partial charge >= 0.3 is 0 Å². The minimum atomic E-state index is -0.0118. The van der Waals surface area contributed by atoms with E-state index in [1.807, 2.05) is 0 Å². The van der Waals surface area contributed by atoms with Crippen molar-refractivity contribution in [3.8, 4) is 39.1 Å². The van der Waals surface area contributed by atoms with Crippen molar-refractivity contribution in [2.24, 2.45) is 0 Å². The number of furan rings is 1. The first-order valence-corrected chi connectivity index (χ1v) is 20.6. The molecule has 2 nitrogen and oxygen atoms in total. The van der Waals surface area contributed by atoms with Crippen molar-refractivity contribution in [2.75, 3.05) is 0 Å². The van der Waals surface area contributed by atoms with Crippen LogP contribution < -0.4 is 0 Å². The summed E-state index contributed by atoms with van der Waals surface area (Å²) in [7, 11) is 0. The molecule has 12 aromatic rings. The molecule has 0 saturated carbocycles. The molecule has 1 aliphatic carbocycles. The number of hydrogen-bond acceptors (Lipinski definition) is 1. The van der Waals surface area contributed by atoms with Gasteiger partial charge in [-0.1, -0.05) is 147 Å². The molecule has 0 unspecified atom stereocenters. The van der Waals surface area contributed by atoms with Gasteiger partial charge in [0.1, 0.15) is 11.2 Å². The molecule has 276 valence electrons. The Morgan fingerprint density at radius 3 is 1.66 bits per heavy atom. The lowest BCUT2D eigenvalue weighted by Gasteiger charge is -2.21. The first-order chi connectivity index (χ1) is 29.0. The smallest absolute Gasteiger partial charge is 0.135 e. The Hall–Kier alpha value is -7.42. The maximum Gasteiger partial charge on any atom is 0.135 e. The molecule has 0 bridgehead atoms. The summed E-state index contributed by atoms with van der Waals surface area (Å²) in [4.78, 5) is 0. The molecule has 13 rings (SSSR count). The van der Waals surface area contributed by atoms with Crippen molar-refractivity contribution in [3.63, 3.8) is 0 Å². The zero-order valence-corrected chi connectivity index (χ0v) is 32.8. The quantitative estimate of drug-likeness (QED) is 0.164. The van der Waals surface area contributed by atoms with Gasteiger partial charge in [0.2, 0.25) is 0 Å². The predicted molar refractivity (Wildman–Crippen MR) is 249 cm³/mol. The lowest BCUT2D eigenvalue weighted by Crippen LogP contribution is -2.14. The van der Waals surface area contributed by atoms with Crippen LogP contribution in [-0.2, 0) is 5.41 Å². The van der Waals surface area contributed by atoms with Crippen LogP contribution in [0.4, 0.5) is 0 Å². The number of hydrogen-bond donors (Lipinski definition) is 0. The first kappa shape index (κ1) is 32.6. The van der Waals surface area contributed by atoms with Gasteiger partial charge in [-0.3, -0.25) is 0 Å². The third-order valence-corrected chi connectivity index (χ3v) is 13.4. The van der Waals surface area contributed by atoms with Gasteiger partial charge in [0, 0.05) is 38.0 Å². The van der Waals surface area contributed by atoms with E-state index in [2.05, 4.69) is 206 Å². The Balaban J connectivity index is 1.01. The van der Waals surface area contributed by atoms with Crippen molar-refractivity contribution in [1.29, 1.82) is 0 Å². The summed E-state index contributed by atoms with van der Waals surface area (Å²) in [6.07, 6.45) is 0. The average molecular weight is 752 g/mol. The molecule has 1 aliphatic rings. The Kier molecular flexibility index (Phi) is 6.54. The van der Waals surface area contributed by atoms with Gasteiger partial charge in [0.25, 0.3) is 0 Å². The second-order valence-corrected chi connectivity index (χ2v) is 16.8. The Morgan fingerprint density at radius 2 is 0.898 bits per heavy atom. The minimum absolute atomic E-state index is 0.0118. The third kappa shape index (κ3) is 4.52. The van der Waals surface area contributed by atoms with Crippen LogP contribution in [0.2, 0.25) is 0 Å². The van der Waals surface area contributed by atoms with Crippen molar-refractivity contribution in [2.45, 2.75) is 19.3 Å². The molecule has 0 amide bonds. The maximum absolute atomic E-state index is 6.47. The molecule has 0 spiro atoms. The summed E-state index contributed by atoms with van der Waals surface area (Å²) in [5, 5.41) is 12.4. The van der Waals surface area contributed by atoms with Crippen LogP contribution in [0.5, 0.6) is 0 Å². The molecule has 0 saturated heterocycles. The fraction of sp³-hybridized carbons (Fsp3) is 0.0526. The number of aromatic nitrogens is 1. The normalized spacial score (nSPS) is 13.4. The van der Waals surface area contributed by atoms with Crippen molar-refractivity contribution in [1.82, 2.24) is 4.57 Å². The van der Waals surface area contributed by atoms with Crippen molar-refractivity contribution < 1.29 is 4.42 Å². The zero-order chi connectivity index (χ0) is 39.0. The summed E-state index contributed by atoms with van der Waals surface area (Å²) < 4.78 is 8.93. The fourth-order valence-electron chi connectivity index (χ4n) is 10.6. The molecular formula is C57H37NO. The summed E-state index contributed by atoms with van der Waals surface area (Å²) in [5.74, 6) is 0. The molecule has 2 heteroatoms. The number of rotatable bonds is 3. The molecule has 0 atom stereocenters. The highest BCUT2D eigenvalue weighted by Gasteiger charge is 2.35. The molecule has 59 heavy (non-hydrogen) atoms. The number of benzene rings is 10. The van der Waals surface area contributed by atoms with Crippen LogP contribution >= 0.6 is 0 Å². The van der Waals surface area contributed by atoms with Crippen LogP contribution in [0.3, 0.4) is 0 Å². The zero-order valence-electron chi connectivity index (χ0n) is 32.8. The highest BCUT2D eigenvalue weighted by molar-refractivity contribution is 6.33. The Labute approximate surface area is 341 Å². The fourth-order valence-corrected chi connectivity index (χ4v) is 10.6. The third-order valence-electron chi connectivity index (χ3n) is 13.4. The summed E-state index contributed by atoms with van der Waals surface area (Å²) in [5.41, 5.74) is 15.7. The molecule has 10 aromatic carbocycles. The molecule has 0 radical (unpaired) electrons. The second kappa shape index (κ2) is 11.8. The summed E-state index contributed by atoms with van der Waals surface area (Å²) in [6.45, 7) is 4.67. The van der Waals surface area contributed by atoms with E-state index in [1.165, 1.54) is 104 Å². The van der Waals surface area contributed by atoms with Crippen LogP contribution in [-0.4, -0.2) is 4.57 Å². The topological polar surface area (TPSA) is 18.1 Å². The molecule has 0 fully saturated rings. The van der Waals surface area contributed by atoms with E-state index >= 15 is 0 Å². The van der Waals surface area contributed by atoms with Crippen LogP contribution in [0.25, 0.3) is 115 Å². The monoisotopic (exact) mass is 751 g/mol. The Bertz CT molecular complexity index is 3750. The van der Waals surface area contributed by atoms with Gasteiger partial charge in [0.15, 0.2) is 0 Å². The number of fused-ring (bicyclic) bond motifs is 16. The highest BCUT2D eigenvalue weighted by atomic mass is 16.3. The van der Waals surface area contributed by atoms with Gasteiger partial charge < -0.3 is 8.98 Å². The SMILES string of the molecule is CC1(C)c2ccccc2-c2cc(-c3ccc4oc5ccc(-c6ccc7c(c6)c6ccccc6c6ccc8c9ccccc9n(-c9ccccc9)c8c67)cc5c4c3)ccc21. The van der Waals surface area contributed by atoms with E-state index in [9.17, 15) is 0 Å². The molecule has 2 heterocycles. The van der Waals surface area contributed by atoms with Gasteiger partial charge in [0.05, 0.1) is 11.0 Å². The van der Waals surface area contributed by atoms with E-state index in [0.29, 0.717) is 0 Å². The number of nitrogens with zero attached hydrogens (tertiary/aromatic N) is 1. The van der Waals surface area contributed by atoms with E-state index in [4.69, 9.17) is 4.42 Å². The van der Waals surface area contributed by atoms with Gasteiger partial charge in [-0.2, -0.15) is 0 Å². The van der Waals surface area contributed by atoms with Crippen molar-refractivity contribution in [3.05, 3.63) is 199 Å². The summed E-state index contributed by atoms with van der Waals surface area (Å²) >= 11 is 0. The number of para-hydroxylation sites is 2. The largest absolute Gasteiger partial charge is 0.456 e. The minimum Gasteiger partial charge on any atom is -0.456 e. The lowest BCUT2D eigenvalue weighted by molar-refractivity contribution is 0.660.